The van der Waals surface area contributed by atoms with Gasteiger partial charge in [-0.05, 0) is 40.4 Å². The molecule has 0 amide bonds. The van der Waals surface area contributed by atoms with Gasteiger partial charge in [0.1, 0.15) is 12.9 Å². The summed E-state index contributed by atoms with van der Waals surface area (Å²) in [5.41, 5.74) is 1.89. The Morgan fingerprint density at radius 2 is 2.08 bits per heavy atom. The van der Waals surface area contributed by atoms with E-state index in [4.69, 9.17) is 4.84 Å². The molecule has 132 valence electrons. The van der Waals surface area contributed by atoms with Gasteiger partial charge in [-0.1, -0.05) is 13.3 Å². The van der Waals surface area contributed by atoms with Crippen LogP contribution in [0.5, 0.6) is 0 Å². The lowest BCUT2D eigenvalue weighted by molar-refractivity contribution is 0.108. The van der Waals surface area contributed by atoms with Crippen molar-refractivity contribution in [1.29, 1.82) is 0 Å². The molecule has 7 nitrogen and oxygen atoms in total. The zero-order valence-electron chi connectivity index (χ0n) is 15.0. The van der Waals surface area contributed by atoms with Crippen LogP contribution in [0.1, 0.15) is 31.9 Å². The smallest absolute Gasteiger partial charge is 0.287 e. The average molecular weight is 333 g/mol. The molecule has 0 aliphatic heterocycles. The first-order valence-corrected chi connectivity index (χ1v) is 8.43. The normalized spacial score (nSPS) is 11.2. The van der Waals surface area contributed by atoms with Crippen LogP contribution in [0, 0.1) is 6.92 Å². The highest BCUT2D eigenvalue weighted by molar-refractivity contribution is 5.90. The third kappa shape index (κ3) is 4.44. The van der Waals surface area contributed by atoms with E-state index in [-0.39, 0.29) is 5.56 Å². The number of aromatic nitrogens is 3. The molecule has 7 heteroatoms. The summed E-state index contributed by atoms with van der Waals surface area (Å²) in [6.07, 6.45) is 4.35. The number of aryl methyl sites for hydroxylation is 1. The van der Waals surface area contributed by atoms with Crippen LogP contribution in [0.2, 0.25) is 0 Å². The summed E-state index contributed by atoms with van der Waals surface area (Å²) in [6, 6.07) is 1.57. The number of pyridine rings is 1. The second-order valence-corrected chi connectivity index (χ2v) is 6.12. The lowest BCUT2D eigenvalue weighted by atomic mass is 10.2. The largest absolute Gasteiger partial charge is 0.409 e. The molecule has 24 heavy (non-hydrogen) atoms. The van der Waals surface area contributed by atoms with Gasteiger partial charge < -0.3 is 15.1 Å². The van der Waals surface area contributed by atoms with Crippen LogP contribution in [0.15, 0.2) is 17.2 Å². The zero-order chi connectivity index (χ0) is 17.5. The first-order valence-electron chi connectivity index (χ1n) is 8.43. The maximum absolute atomic E-state index is 12.4. The minimum atomic E-state index is -0.216. The highest BCUT2D eigenvalue weighted by atomic mass is 16.7. The molecule has 0 saturated carbocycles. The van der Waals surface area contributed by atoms with Crippen LogP contribution in [0.3, 0.4) is 0 Å². The molecule has 0 saturated heterocycles. The molecular formula is C17H27N5O2. The van der Waals surface area contributed by atoms with Gasteiger partial charge in [0.05, 0.1) is 16.8 Å². The number of hydrogen-bond donors (Lipinski definition) is 1. The van der Waals surface area contributed by atoms with E-state index in [2.05, 4.69) is 27.1 Å². The third-order valence-corrected chi connectivity index (χ3v) is 3.76. The SMILES string of the molecule is CCCCOn1c(=O)cc(NCCCN(C)C)c2c(C)ncnc21. The molecule has 0 bridgehead atoms. The van der Waals surface area contributed by atoms with E-state index in [0.29, 0.717) is 12.3 Å². The lowest BCUT2D eigenvalue weighted by Gasteiger charge is -2.16. The quantitative estimate of drug-likeness (QED) is 0.704. The monoisotopic (exact) mass is 333 g/mol. The summed E-state index contributed by atoms with van der Waals surface area (Å²) in [4.78, 5) is 28.7. The molecule has 0 aliphatic carbocycles. The molecule has 2 rings (SSSR count). The molecule has 0 spiro atoms. The van der Waals surface area contributed by atoms with Crippen LogP contribution in [0.4, 0.5) is 5.69 Å². The molecule has 1 N–H and O–H groups in total. The van der Waals surface area contributed by atoms with E-state index in [1.165, 1.54) is 11.1 Å². The van der Waals surface area contributed by atoms with E-state index in [1.54, 1.807) is 6.07 Å². The van der Waals surface area contributed by atoms with E-state index in [9.17, 15) is 4.79 Å². The van der Waals surface area contributed by atoms with Crippen molar-refractivity contribution < 1.29 is 4.84 Å². The Kier molecular flexibility index (Phi) is 6.54. The molecule has 0 fully saturated rings. The fourth-order valence-corrected chi connectivity index (χ4v) is 2.47. The summed E-state index contributed by atoms with van der Waals surface area (Å²) < 4.78 is 1.28. The Hall–Kier alpha value is -2.15. The minimum absolute atomic E-state index is 0.216. The number of nitrogens with zero attached hydrogens (tertiary/aromatic N) is 4. The lowest BCUT2D eigenvalue weighted by Crippen LogP contribution is -2.29. The second-order valence-electron chi connectivity index (χ2n) is 6.12. The Balaban J connectivity index is 2.32. The maximum Gasteiger partial charge on any atom is 0.287 e. The van der Waals surface area contributed by atoms with Gasteiger partial charge in [0.15, 0.2) is 5.65 Å². The van der Waals surface area contributed by atoms with Crippen molar-refractivity contribution in [3.05, 3.63) is 28.4 Å². The predicted molar refractivity (Wildman–Crippen MR) is 96.6 cm³/mol. The van der Waals surface area contributed by atoms with Crippen molar-refractivity contribution in [1.82, 2.24) is 19.6 Å². The molecule has 0 aliphatic rings. The fraction of sp³-hybridized carbons (Fsp3) is 0.588. The van der Waals surface area contributed by atoms with Gasteiger partial charge >= 0.3 is 0 Å². The molecular weight excluding hydrogens is 306 g/mol. The van der Waals surface area contributed by atoms with Crippen molar-refractivity contribution in [2.24, 2.45) is 0 Å². The van der Waals surface area contributed by atoms with E-state index in [1.807, 2.05) is 21.0 Å². The molecule has 2 aromatic heterocycles. The third-order valence-electron chi connectivity index (χ3n) is 3.76. The molecule has 0 atom stereocenters. The summed E-state index contributed by atoms with van der Waals surface area (Å²) in [5, 5.41) is 4.18. The van der Waals surface area contributed by atoms with Gasteiger partial charge in [0.2, 0.25) is 0 Å². The molecule has 0 unspecified atom stereocenters. The molecule has 0 aromatic carbocycles. The predicted octanol–water partition coefficient (Wildman–Crippen LogP) is 1.69. The standard InChI is InChI=1S/C17H27N5O2/c1-5-6-10-24-22-15(23)11-14(18-8-7-9-21(3)4)16-13(2)19-12-20-17(16)22/h11-12,18H,5-10H2,1-4H3. The van der Waals surface area contributed by atoms with E-state index >= 15 is 0 Å². The highest BCUT2D eigenvalue weighted by Crippen LogP contribution is 2.21. The van der Waals surface area contributed by atoms with E-state index < -0.39 is 0 Å². The fourth-order valence-electron chi connectivity index (χ4n) is 2.47. The Morgan fingerprint density at radius 1 is 1.29 bits per heavy atom. The van der Waals surface area contributed by atoms with Gasteiger partial charge in [-0.2, -0.15) is 0 Å². The van der Waals surface area contributed by atoms with Crippen LogP contribution in [-0.2, 0) is 0 Å². The van der Waals surface area contributed by atoms with Crippen LogP contribution in [-0.4, -0.2) is 53.4 Å². The van der Waals surface area contributed by atoms with Crippen molar-refractivity contribution in [3.8, 4) is 0 Å². The Morgan fingerprint density at radius 3 is 2.79 bits per heavy atom. The molecule has 2 heterocycles. The summed E-state index contributed by atoms with van der Waals surface area (Å²) in [5.74, 6) is 0. The molecule has 0 radical (unpaired) electrons. The number of anilines is 1. The number of hydrogen-bond acceptors (Lipinski definition) is 6. The summed E-state index contributed by atoms with van der Waals surface area (Å²) >= 11 is 0. The number of unbranched alkanes of at least 4 members (excludes halogenated alkanes) is 1. The minimum Gasteiger partial charge on any atom is -0.409 e. The van der Waals surface area contributed by atoms with Crippen molar-refractivity contribution in [3.63, 3.8) is 0 Å². The Labute approximate surface area is 142 Å². The van der Waals surface area contributed by atoms with Gasteiger partial charge in [-0.25, -0.2) is 9.97 Å². The first kappa shape index (κ1) is 18.2. The maximum atomic E-state index is 12.4. The number of nitrogens with one attached hydrogen (secondary N) is 1. The van der Waals surface area contributed by atoms with Crippen molar-refractivity contribution in [2.75, 3.05) is 39.1 Å². The zero-order valence-corrected chi connectivity index (χ0v) is 15.0. The second kappa shape index (κ2) is 8.63. The topological polar surface area (TPSA) is 72.3 Å². The number of rotatable bonds is 9. The van der Waals surface area contributed by atoms with Crippen molar-refractivity contribution >= 4 is 16.7 Å². The van der Waals surface area contributed by atoms with Crippen LogP contribution >= 0.6 is 0 Å². The van der Waals surface area contributed by atoms with Gasteiger partial charge in [0.25, 0.3) is 5.56 Å². The van der Waals surface area contributed by atoms with Gasteiger partial charge in [0, 0.05) is 12.6 Å². The van der Waals surface area contributed by atoms with Crippen LogP contribution < -0.4 is 15.7 Å². The average Bonchev–Trinajstić information content (AvgIpc) is 2.54. The molecule has 2 aromatic rings. The van der Waals surface area contributed by atoms with Crippen LogP contribution in [0.25, 0.3) is 11.0 Å². The highest BCUT2D eigenvalue weighted by Gasteiger charge is 2.13. The summed E-state index contributed by atoms with van der Waals surface area (Å²) in [6.45, 7) is 6.25. The van der Waals surface area contributed by atoms with Gasteiger partial charge in [-0.15, -0.1) is 4.73 Å². The first-order chi connectivity index (χ1) is 11.5. The number of fused-ring (bicyclic) bond motifs is 1. The summed E-state index contributed by atoms with van der Waals surface area (Å²) in [7, 11) is 4.09. The van der Waals surface area contributed by atoms with Gasteiger partial charge in [-0.3, -0.25) is 4.79 Å². The van der Waals surface area contributed by atoms with Crippen molar-refractivity contribution in [2.45, 2.75) is 33.1 Å². The Bertz CT molecular complexity index is 727. The van der Waals surface area contributed by atoms with E-state index in [0.717, 1.165) is 49.1 Å².